The summed E-state index contributed by atoms with van der Waals surface area (Å²) in [4.78, 5) is 4.53. The number of unbranched alkanes of at least 4 members (excludes halogenated alkanes) is 1. The van der Waals surface area contributed by atoms with Crippen molar-refractivity contribution in [3.63, 3.8) is 0 Å². The first-order valence-electron chi connectivity index (χ1n) is 5.23. The van der Waals surface area contributed by atoms with Gasteiger partial charge >= 0.3 is 0 Å². The molecule has 1 aromatic carbocycles. The van der Waals surface area contributed by atoms with Gasteiger partial charge in [0.05, 0.1) is 13.7 Å². The van der Waals surface area contributed by atoms with Crippen molar-refractivity contribution in [2.75, 3.05) is 13.7 Å². The summed E-state index contributed by atoms with van der Waals surface area (Å²) in [5.41, 5.74) is 2.52. The zero-order chi connectivity index (χ0) is 11.1. The van der Waals surface area contributed by atoms with E-state index in [0.29, 0.717) is 6.61 Å². The van der Waals surface area contributed by atoms with Gasteiger partial charge in [-0.3, -0.25) is 0 Å². The number of benzene rings is 1. The normalized spacial score (nSPS) is 10.3. The molecule has 0 heterocycles. The lowest BCUT2D eigenvalue weighted by Crippen LogP contribution is -2.01. The second-order valence-electron chi connectivity index (χ2n) is 3.64. The minimum absolute atomic E-state index is 0.619. The lowest BCUT2D eigenvalue weighted by atomic mass is 10.0. The summed E-state index contributed by atoms with van der Waals surface area (Å²) in [6.07, 6.45) is 3.05. The molecule has 3 heteroatoms. The first-order chi connectivity index (χ1) is 7.27. The first kappa shape index (κ1) is 12.0. The number of methoxy groups -OCH3 is 1. The van der Waals surface area contributed by atoms with Crippen LogP contribution in [0.1, 0.15) is 24.0 Å². The summed E-state index contributed by atoms with van der Waals surface area (Å²) >= 11 is 0. The largest absolute Gasteiger partial charge is 0.496 e. The highest BCUT2D eigenvalue weighted by atomic mass is 16.6. The third-order valence-corrected chi connectivity index (χ3v) is 2.39. The third-order valence-electron chi connectivity index (χ3n) is 2.39. The Balaban J connectivity index is 2.54. The number of rotatable bonds is 6. The minimum Gasteiger partial charge on any atom is -0.496 e. The van der Waals surface area contributed by atoms with Crippen LogP contribution in [-0.4, -0.2) is 13.7 Å². The average molecular weight is 209 g/mol. The maximum absolute atomic E-state index is 5.30. The fourth-order valence-corrected chi connectivity index (χ4v) is 1.60. The second kappa shape index (κ2) is 6.43. The van der Waals surface area contributed by atoms with E-state index in [1.165, 1.54) is 11.1 Å². The molecule has 0 bridgehead atoms. The quantitative estimate of drug-likeness (QED) is 0.577. The maximum atomic E-state index is 5.30. The van der Waals surface area contributed by atoms with Crippen molar-refractivity contribution in [2.45, 2.75) is 26.2 Å². The molecule has 1 aromatic rings. The van der Waals surface area contributed by atoms with Crippen LogP contribution in [0.3, 0.4) is 0 Å². The number of nitrogens with two attached hydrogens (primary N) is 1. The van der Waals surface area contributed by atoms with E-state index < -0.39 is 0 Å². The van der Waals surface area contributed by atoms with Gasteiger partial charge in [-0.05, 0) is 37.8 Å². The van der Waals surface area contributed by atoms with E-state index in [1.807, 2.05) is 6.07 Å². The second-order valence-corrected chi connectivity index (χ2v) is 3.64. The molecule has 0 aromatic heterocycles. The molecule has 0 unspecified atom stereocenters. The molecule has 0 aliphatic heterocycles. The number of ether oxygens (including phenoxy) is 1. The van der Waals surface area contributed by atoms with Gasteiger partial charge in [-0.25, -0.2) is 5.90 Å². The van der Waals surface area contributed by atoms with Crippen LogP contribution in [0.2, 0.25) is 0 Å². The zero-order valence-electron chi connectivity index (χ0n) is 9.45. The Labute approximate surface area is 91.1 Å². The lowest BCUT2D eigenvalue weighted by molar-refractivity contribution is 0.134. The molecule has 3 nitrogen and oxygen atoms in total. The lowest BCUT2D eigenvalue weighted by Gasteiger charge is -2.09. The summed E-state index contributed by atoms with van der Waals surface area (Å²) in [7, 11) is 1.71. The van der Waals surface area contributed by atoms with Crippen LogP contribution in [0.4, 0.5) is 0 Å². The van der Waals surface area contributed by atoms with Crippen molar-refractivity contribution in [1.82, 2.24) is 0 Å². The van der Waals surface area contributed by atoms with Crippen molar-refractivity contribution >= 4 is 0 Å². The Morgan fingerprint density at radius 3 is 2.73 bits per heavy atom. The third kappa shape index (κ3) is 3.90. The molecule has 0 fully saturated rings. The molecule has 0 aliphatic rings. The molecule has 0 atom stereocenters. The van der Waals surface area contributed by atoms with Crippen LogP contribution in [0.5, 0.6) is 5.75 Å². The summed E-state index contributed by atoms with van der Waals surface area (Å²) < 4.78 is 5.30. The molecular formula is C12H19NO2. The number of aryl methyl sites for hydroxylation is 2. The minimum atomic E-state index is 0.619. The molecule has 0 aliphatic carbocycles. The highest BCUT2D eigenvalue weighted by molar-refractivity contribution is 5.36. The Morgan fingerprint density at radius 1 is 1.27 bits per heavy atom. The van der Waals surface area contributed by atoms with Crippen LogP contribution in [0.15, 0.2) is 18.2 Å². The number of hydrogen-bond acceptors (Lipinski definition) is 3. The van der Waals surface area contributed by atoms with Crippen LogP contribution in [0, 0.1) is 6.92 Å². The Hall–Kier alpha value is -1.06. The zero-order valence-corrected chi connectivity index (χ0v) is 9.45. The van der Waals surface area contributed by atoms with Crippen LogP contribution < -0.4 is 10.6 Å². The first-order valence-corrected chi connectivity index (χ1v) is 5.23. The van der Waals surface area contributed by atoms with Gasteiger partial charge in [-0.2, -0.15) is 0 Å². The smallest absolute Gasteiger partial charge is 0.122 e. The van der Waals surface area contributed by atoms with E-state index in [1.54, 1.807) is 7.11 Å². The Kier molecular flexibility index (Phi) is 5.15. The van der Waals surface area contributed by atoms with Gasteiger partial charge in [0.15, 0.2) is 0 Å². The van der Waals surface area contributed by atoms with E-state index in [2.05, 4.69) is 23.9 Å². The molecular weight excluding hydrogens is 190 g/mol. The summed E-state index contributed by atoms with van der Waals surface area (Å²) in [5.74, 6) is 5.93. The van der Waals surface area contributed by atoms with E-state index in [4.69, 9.17) is 10.6 Å². The van der Waals surface area contributed by atoms with E-state index in [9.17, 15) is 0 Å². The van der Waals surface area contributed by atoms with E-state index in [-0.39, 0.29) is 0 Å². The van der Waals surface area contributed by atoms with Gasteiger partial charge < -0.3 is 9.57 Å². The van der Waals surface area contributed by atoms with Gasteiger partial charge in [0, 0.05) is 0 Å². The summed E-state index contributed by atoms with van der Waals surface area (Å²) in [6.45, 7) is 2.71. The topological polar surface area (TPSA) is 44.5 Å². The fraction of sp³-hybridized carbons (Fsp3) is 0.500. The van der Waals surface area contributed by atoms with E-state index >= 15 is 0 Å². The monoisotopic (exact) mass is 209 g/mol. The highest BCUT2D eigenvalue weighted by Crippen LogP contribution is 2.21. The van der Waals surface area contributed by atoms with Crippen molar-refractivity contribution in [2.24, 2.45) is 5.90 Å². The molecule has 84 valence electrons. The highest BCUT2D eigenvalue weighted by Gasteiger charge is 2.02. The van der Waals surface area contributed by atoms with Gasteiger partial charge in [0.1, 0.15) is 5.75 Å². The predicted octanol–water partition coefficient (Wildman–Crippen LogP) is 2.22. The van der Waals surface area contributed by atoms with Gasteiger partial charge in [-0.1, -0.05) is 17.7 Å². The molecule has 0 saturated heterocycles. The summed E-state index contributed by atoms with van der Waals surface area (Å²) in [6, 6.07) is 6.25. The molecule has 0 radical (unpaired) electrons. The Bertz CT molecular complexity index is 300. The van der Waals surface area contributed by atoms with Crippen molar-refractivity contribution in [3.05, 3.63) is 29.3 Å². The van der Waals surface area contributed by atoms with E-state index in [0.717, 1.165) is 25.0 Å². The van der Waals surface area contributed by atoms with Gasteiger partial charge in [0.25, 0.3) is 0 Å². The SMILES string of the molecule is COc1ccc(C)cc1CCCCON. The molecule has 15 heavy (non-hydrogen) atoms. The predicted molar refractivity (Wildman–Crippen MR) is 60.8 cm³/mol. The summed E-state index contributed by atoms with van der Waals surface area (Å²) in [5, 5.41) is 0. The molecule has 2 N–H and O–H groups in total. The molecule has 0 saturated carbocycles. The van der Waals surface area contributed by atoms with Gasteiger partial charge in [0.2, 0.25) is 0 Å². The molecule has 0 amide bonds. The Morgan fingerprint density at radius 2 is 2.07 bits per heavy atom. The van der Waals surface area contributed by atoms with Gasteiger partial charge in [-0.15, -0.1) is 0 Å². The van der Waals surface area contributed by atoms with Crippen molar-refractivity contribution < 1.29 is 9.57 Å². The van der Waals surface area contributed by atoms with Crippen LogP contribution >= 0.6 is 0 Å². The standard InChI is InChI=1S/C12H19NO2/c1-10-6-7-12(14-2)11(9-10)5-3-4-8-15-13/h6-7,9H,3-5,8,13H2,1-2H3. The molecule has 0 spiro atoms. The maximum Gasteiger partial charge on any atom is 0.122 e. The fourth-order valence-electron chi connectivity index (χ4n) is 1.60. The van der Waals surface area contributed by atoms with Crippen molar-refractivity contribution in [1.29, 1.82) is 0 Å². The van der Waals surface area contributed by atoms with Crippen LogP contribution in [-0.2, 0) is 11.3 Å². The average Bonchev–Trinajstić information content (AvgIpc) is 2.25. The van der Waals surface area contributed by atoms with Crippen LogP contribution in [0.25, 0.3) is 0 Å². The number of hydrogen-bond donors (Lipinski definition) is 1. The molecule has 1 rings (SSSR count). The van der Waals surface area contributed by atoms with Crippen molar-refractivity contribution in [3.8, 4) is 5.75 Å².